The summed E-state index contributed by atoms with van der Waals surface area (Å²) in [4.78, 5) is 27.0. The topological polar surface area (TPSA) is 52.7 Å². The van der Waals surface area contributed by atoms with Crippen LogP contribution in [-0.4, -0.2) is 61.9 Å². The molecule has 0 saturated heterocycles. The van der Waals surface area contributed by atoms with Gasteiger partial charge in [-0.3, -0.25) is 9.59 Å². The summed E-state index contributed by atoms with van der Waals surface area (Å²) in [5, 5.41) is 2.78. The maximum atomic E-state index is 12.8. The van der Waals surface area contributed by atoms with Crippen LogP contribution in [0.4, 0.5) is 4.39 Å². The Morgan fingerprint density at radius 2 is 1.73 bits per heavy atom. The van der Waals surface area contributed by atoms with E-state index in [-0.39, 0.29) is 24.1 Å². The van der Waals surface area contributed by atoms with Gasteiger partial charge in [0.05, 0.1) is 6.42 Å². The molecule has 0 aliphatic carbocycles. The molecule has 0 heterocycles. The van der Waals surface area contributed by atoms with Gasteiger partial charge in [0, 0.05) is 33.1 Å². The van der Waals surface area contributed by atoms with Crippen molar-refractivity contribution in [1.29, 1.82) is 0 Å². The van der Waals surface area contributed by atoms with Crippen molar-refractivity contribution in [2.75, 3.05) is 40.3 Å². The van der Waals surface area contributed by atoms with Crippen molar-refractivity contribution in [2.45, 2.75) is 13.3 Å². The lowest BCUT2D eigenvalue weighted by Crippen LogP contribution is -2.41. The van der Waals surface area contributed by atoms with E-state index >= 15 is 0 Å². The minimum Gasteiger partial charge on any atom is -0.354 e. The summed E-state index contributed by atoms with van der Waals surface area (Å²) in [6, 6.07) is 5.85. The molecule has 1 aromatic rings. The maximum Gasteiger partial charge on any atom is 0.224 e. The Bertz CT molecular complexity index is 489. The highest BCUT2D eigenvalue weighted by Gasteiger charge is 2.09. The Balaban J connectivity index is 2.33. The standard InChI is InChI=1S/C16H24FN3O2/c1-13(21)20(11-10-19(2)3)9-8-18-16(22)12-14-4-6-15(17)7-5-14/h4-7H,8-12H2,1-3H3,(H,18,22). The van der Waals surface area contributed by atoms with Gasteiger partial charge in [0.15, 0.2) is 0 Å². The zero-order valence-corrected chi connectivity index (χ0v) is 13.4. The van der Waals surface area contributed by atoms with Crippen molar-refractivity contribution >= 4 is 11.8 Å². The summed E-state index contributed by atoms with van der Waals surface area (Å²) in [5.41, 5.74) is 0.759. The first-order valence-electron chi connectivity index (χ1n) is 7.30. The van der Waals surface area contributed by atoms with Crippen molar-refractivity contribution in [3.8, 4) is 0 Å². The summed E-state index contributed by atoms with van der Waals surface area (Å²) in [6.45, 7) is 3.83. The summed E-state index contributed by atoms with van der Waals surface area (Å²) >= 11 is 0. The number of halogens is 1. The third-order valence-corrected chi connectivity index (χ3v) is 3.24. The molecule has 0 bridgehead atoms. The van der Waals surface area contributed by atoms with Crippen LogP contribution in [0.3, 0.4) is 0 Å². The van der Waals surface area contributed by atoms with Gasteiger partial charge in [-0.2, -0.15) is 0 Å². The average Bonchev–Trinajstić information content (AvgIpc) is 2.44. The number of amides is 2. The molecule has 0 spiro atoms. The Morgan fingerprint density at radius 1 is 1.09 bits per heavy atom. The van der Waals surface area contributed by atoms with E-state index in [1.807, 2.05) is 19.0 Å². The van der Waals surface area contributed by atoms with Crippen molar-refractivity contribution in [1.82, 2.24) is 15.1 Å². The van der Waals surface area contributed by atoms with E-state index in [2.05, 4.69) is 5.32 Å². The van der Waals surface area contributed by atoms with Crippen molar-refractivity contribution in [3.05, 3.63) is 35.6 Å². The molecule has 5 nitrogen and oxygen atoms in total. The van der Waals surface area contributed by atoms with Crippen molar-refractivity contribution < 1.29 is 14.0 Å². The Kier molecular flexibility index (Phi) is 7.52. The normalized spacial score (nSPS) is 10.6. The second-order valence-electron chi connectivity index (χ2n) is 5.46. The van der Waals surface area contributed by atoms with Crippen LogP contribution < -0.4 is 5.32 Å². The van der Waals surface area contributed by atoms with Crippen LogP contribution in [0.25, 0.3) is 0 Å². The summed E-state index contributed by atoms with van der Waals surface area (Å²) < 4.78 is 12.8. The number of hydrogen-bond donors (Lipinski definition) is 1. The molecule has 1 aromatic carbocycles. The molecule has 0 aliphatic heterocycles. The van der Waals surface area contributed by atoms with E-state index in [4.69, 9.17) is 0 Å². The number of benzene rings is 1. The largest absolute Gasteiger partial charge is 0.354 e. The van der Waals surface area contributed by atoms with Gasteiger partial charge in [0.25, 0.3) is 0 Å². The highest BCUT2D eigenvalue weighted by Crippen LogP contribution is 2.03. The van der Waals surface area contributed by atoms with E-state index in [1.54, 1.807) is 17.0 Å². The Labute approximate surface area is 131 Å². The molecular formula is C16H24FN3O2. The summed E-state index contributed by atoms with van der Waals surface area (Å²) in [6.07, 6.45) is 0.206. The molecule has 0 unspecified atom stereocenters. The molecule has 0 aliphatic rings. The second kappa shape index (κ2) is 9.15. The van der Waals surface area contributed by atoms with Crippen LogP contribution in [0.5, 0.6) is 0 Å². The molecule has 0 aromatic heterocycles. The second-order valence-corrected chi connectivity index (χ2v) is 5.46. The molecular weight excluding hydrogens is 285 g/mol. The predicted molar refractivity (Wildman–Crippen MR) is 83.9 cm³/mol. The van der Waals surface area contributed by atoms with Gasteiger partial charge in [-0.25, -0.2) is 4.39 Å². The third-order valence-electron chi connectivity index (χ3n) is 3.24. The fraction of sp³-hybridized carbons (Fsp3) is 0.500. The predicted octanol–water partition coefficient (Wildman–Crippen LogP) is 0.894. The summed E-state index contributed by atoms with van der Waals surface area (Å²) in [5.74, 6) is -0.459. The quantitative estimate of drug-likeness (QED) is 0.776. The minimum absolute atomic E-state index is 0.00497. The molecule has 6 heteroatoms. The van der Waals surface area contributed by atoms with Crippen LogP contribution >= 0.6 is 0 Å². The SMILES string of the molecule is CC(=O)N(CCNC(=O)Cc1ccc(F)cc1)CCN(C)C. The van der Waals surface area contributed by atoms with E-state index in [0.717, 1.165) is 12.1 Å². The Hall–Kier alpha value is -1.95. The zero-order chi connectivity index (χ0) is 16.5. The van der Waals surface area contributed by atoms with Gasteiger partial charge in [0.1, 0.15) is 5.82 Å². The van der Waals surface area contributed by atoms with Gasteiger partial charge in [-0.1, -0.05) is 12.1 Å². The lowest BCUT2D eigenvalue weighted by molar-refractivity contribution is -0.129. The molecule has 0 radical (unpaired) electrons. The first kappa shape index (κ1) is 18.1. The van der Waals surface area contributed by atoms with E-state index in [1.165, 1.54) is 19.1 Å². The number of hydrogen-bond acceptors (Lipinski definition) is 3. The van der Waals surface area contributed by atoms with E-state index in [0.29, 0.717) is 19.6 Å². The van der Waals surface area contributed by atoms with Crippen molar-refractivity contribution in [3.63, 3.8) is 0 Å². The first-order valence-corrected chi connectivity index (χ1v) is 7.30. The zero-order valence-electron chi connectivity index (χ0n) is 13.4. The van der Waals surface area contributed by atoms with Gasteiger partial charge < -0.3 is 15.1 Å². The van der Waals surface area contributed by atoms with Crippen LogP contribution in [0, 0.1) is 5.82 Å². The summed E-state index contributed by atoms with van der Waals surface area (Å²) in [7, 11) is 3.89. The highest BCUT2D eigenvalue weighted by molar-refractivity contribution is 5.78. The molecule has 2 amide bonds. The van der Waals surface area contributed by atoms with E-state index in [9.17, 15) is 14.0 Å². The molecule has 1 N–H and O–H groups in total. The van der Waals surface area contributed by atoms with Crippen molar-refractivity contribution in [2.24, 2.45) is 0 Å². The molecule has 1 rings (SSSR count). The van der Waals surface area contributed by atoms with Gasteiger partial charge >= 0.3 is 0 Å². The number of nitrogens with zero attached hydrogens (tertiary/aromatic N) is 2. The molecule has 0 saturated carbocycles. The van der Waals surface area contributed by atoms with Gasteiger partial charge in [-0.05, 0) is 31.8 Å². The smallest absolute Gasteiger partial charge is 0.224 e. The minimum atomic E-state index is -0.317. The lowest BCUT2D eigenvalue weighted by atomic mass is 10.1. The molecule has 22 heavy (non-hydrogen) atoms. The molecule has 122 valence electrons. The van der Waals surface area contributed by atoms with Crippen LogP contribution in [0.15, 0.2) is 24.3 Å². The Morgan fingerprint density at radius 3 is 2.27 bits per heavy atom. The number of likely N-dealkylation sites (N-methyl/N-ethyl adjacent to an activating group) is 1. The molecule has 0 atom stereocenters. The number of carbonyl (C=O) groups excluding carboxylic acids is 2. The van der Waals surface area contributed by atoms with Gasteiger partial charge in [0.2, 0.25) is 11.8 Å². The van der Waals surface area contributed by atoms with Crippen LogP contribution in [0.1, 0.15) is 12.5 Å². The fourth-order valence-electron chi connectivity index (χ4n) is 1.93. The lowest BCUT2D eigenvalue weighted by Gasteiger charge is -2.23. The highest BCUT2D eigenvalue weighted by atomic mass is 19.1. The number of nitrogens with one attached hydrogen (secondary N) is 1. The van der Waals surface area contributed by atoms with Crippen LogP contribution in [-0.2, 0) is 16.0 Å². The first-order chi connectivity index (χ1) is 10.4. The monoisotopic (exact) mass is 309 g/mol. The third kappa shape index (κ3) is 7.17. The van der Waals surface area contributed by atoms with E-state index < -0.39 is 0 Å². The average molecular weight is 309 g/mol. The van der Waals surface area contributed by atoms with Crippen LogP contribution in [0.2, 0.25) is 0 Å². The molecule has 0 fully saturated rings. The number of carbonyl (C=O) groups is 2. The fourth-order valence-corrected chi connectivity index (χ4v) is 1.93. The number of rotatable bonds is 8. The van der Waals surface area contributed by atoms with Gasteiger partial charge in [-0.15, -0.1) is 0 Å². The maximum absolute atomic E-state index is 12.8.